The number of carbonyl (C=O) groups excluding carboxylic acids is 7. The van der Waals surface area contributed by atoms with Crippen LogP contribution >= 0.6 is 0 Å². The lowest BCUT2D eigenvalue weighted by molar-refractivity contribution is -0.265. The summed E-state index contributed by atoms with van der Waals surface area (Å²) >= 11 is 0. The predicted molar refractivity (Wildman–Crippen MR) is 516 cm³/mol. The van der Waals surface area contributed by atoms with Crippen molar-refractivity contribution in [2.24, 2.45) is 35.3 Å². The number of fused-ring (bicyclic) bond motifs is 6. The van der Waals surface area contributed by atoms with Crippen molar-refractivity contribution in [2.45, 2.75) is 218 Å². The largest absolute Gasteiger partial charge is 0.459 e. The minimum atomic E-state index is -2.50. The number of aliphatic hydroxyl groups is 3. The number of allylic oxidation sites excluding steroid dienone is 5. The van der Waals surface area contributed by atoms with Gasteiger partial charge in [-0.25, -0.2) is 39.2 Å². The second-order valence-corrected chi connectivity index (χ2v) is 37.3. The van der Waals surface area contributed by atoms with E-state index in [1.165, 1.54) is 42.1 Å². The number of aromatic nitrogens is 9. The molecule has 0 spiro atoms. The van der Waals surface area contributed by atoms with Gasteiger partial charge in [-0.2, -0.15) is 15.1 Å². The highest BCUT2D eigenvalue weighted by molar-refractivity contribution is 6.39. The SMILES string of the molecule is CO[C@H]1C[C@@H]2CC[C@@H](C)[C@@](O)(O2)C(=O)C(=O)N2CCCC[C@H]2C(=O)O[C@H]([C@H](N)C[C@@H]2CC[C@@H](OC(=O)NCc3cnc(N4CCN(c5ncc(C(=O)N(C)CCOCCOCCOCCOCCC(=O)N6CCc7cc(Cn8nc(-c9ccc%10oc(N)nc%10c9)c9c(N)ncnc98)ccc7C6)c(N)n5)CC4)nc3)[C@H](OC)C2)C[C@@H](OC)[C@H](C)/C=C(\C)[C@@H](O)[C@@H](O)C(=O)[C@H](C)C[C@H](C)/C=C/C=C/C=C/1C. The standard InChI is InChI=1S/C99H137N19O21/c1-59-16-12-11-13-17-60(2)78(129-8)50-71-24-19-64(6)99(128,139-71)88(123)93(125)117-29-15-14-18-75(117)94(126)136-80(51-79(130-9)61(3)45-63(5)86(121)87(122)85(120)62(4)44-59)73(100)47-65-21-25-77(81(48-65)131-10)138-98(127)107-54-67-52-104-96(105-53-67)114-31-33-115(34-32-114)97-106-55-72(89(101)111-97)92(124)113(7)35-37-133-39-41-135-43-42-134-40-38-132-36-28-82(119)116-30-27-68-46-66(20-22-70(68)57-116)56-118-91-83(90(102)108-58-109-91)84(112-118)69-23-26-76-74(49-69)110-95(103)137-76/h11-13,16-17,20,22-23,26,45-46,49,52-53,55,58-59,61-62,64-65,71,73,75,77-81,86-87,121-122,128H,14-15,18-19,21,24-25,27-44,47-48,50-51,54,56-57,100H2,1-10H3,(H2,103,110)(H,107,127)(H2,101,106,111)(H2,102,108,109)/b13-11+,16-12+,60-17+,63-45+/t59-,61-,62-,64-,65+,71+,73-,75+,77-,78+,79-,80+,81-,86-,87+,99-/m1/s1. The van der Waals surface area contributed by atoms with Gasteiger partial charge in [0.25, 0.3) is 23.6 Å². The Morgan fingerprint density at radius 2 is 1.40 bits per heavy atom. The molecule has 40 heteroatoms. The van der Waals surface area contributed by atoms with Crippen molar-refractivity contribution < 1.29 is 101 Å². The van der Waals surface area contributed by atoms with Crippen LogP contribution in [0.5, 0.6) is 0 Å². The second kappa shape index (κ2) is 49.6. The maximum absolute atomic E-state index is 14.9. The van der Waals surface area contributed by atoms with Crippen LogP contribution in [0.1, 0.15) is 158 Å². The number of alkyl carbamates (subject to hydrolysis) is 1. The number of aliphatic hydroxyl groups excluding tert-OH is 2. The fourth-order valence-corrected chi connectivity index (χ4v) is 19.1. The zero-order chi connectivity index (χ0) is 99.1. The van der Waals surface area contributed by atoms with Gasteiger partial charge in [0.2, 0.25) is 23.6 Å². The molecular weight excluding hydrogens is 1790 g/mol. The van der Waals surface area contributed by atoms with E-state index in [1.807, 2.05) is 88.7 Å². The number of anilines is 5. The Hall–Kier alpha value is -11.4. The number of rotatable bonds is 30. The summed E-state index contributed by atoms with van der Waals surface area (Å²) in [4.78, 5) is 138. The number of hydrogen-bond donors (Lipinski definition) is 8. The number of nitrogens with one attached hydrogen (secondary N) is 1. The molecule has 1 aliphatic carbocycles. The van der Waals surface area contributed by atoms with Crippen LogP contribution in [0.15, 0.2) is 113 Å². The van der Waals surface area contributed by atoms with Crippen LogP contribution in [0.25, 0.3) is 33.4 Å². The molecule has 12 N–H and O–H groups in total. The lowest BCUT2D eigenvalue weighted by Crippen LogP contribution is -2.61. The van der Waals surface area contributed by atoms with E-state index in [1.54, 1.807) is 59.5 Å². The normalized spacial score (nSPS) is 26.8. The molecule has 10 heterocycles. The number of oxazole rings is 1. The van der Waals surface area contributed by atoms with Crippen LogP contribution < -0.4 is 38.1 Å². The first kappa shape index (κ1) is 105. The van der Waals surface area contributed by atoms with E-state index in [0.29, 0.717) is 206 Å². The zero-order valence-electron chi connectivity index (χ0n) is 81.3. The molecule has 6 aliphatic rings. The van der Waals surface area contributed by atoms with Crippen molar-refractivity contribution in [3.63, 3.8) is 0 Å². The smallest absolute Gasteiger partial charge is 0.407 e. The molecule has 13 rings (SSSR count). The second-order valence-electron chi connectivity index (χ2n) is 37.3. The number of nitrogen functional groups attached to an aromatic ring is 3. The number of methoxy groups -OCH3 is 3. The number of cyclic esters (lactones) is 1. The molecule has 4 fully saturated rings. The number of ketones is 2. The lowest BCUT2D eigenvalue weighted by atomic mass is 9.80. The monoisotopic (exact) mass is 1930 g/mol. The number of esters is 1. The number of likely N-dealkylation sites (N-methyl/N-ethyl adjacent to an activating group) is 1. The Morgan fingerprint density at radius 3 is 2.12 bits per heavy atom. The maximum Gasteiger partial charge on any atom is 0.407 e. The van der Waals surface area contributed by atoms with Gasteiger partial charge in [-0.3, -0.25) is 24.0 Å². The summed E-state index contributed by atoms with van der Waals surface area (Å²) in [5.74, 6) is -7.24. The molecule has 2 aromatic carbocycles. The molecule has 16 atom stereocenters. The summed E-state index contributed by atoms with van der Waals surface area (Å²) < 4.78 is 66.8. The Morgan fingerprint density at radius 1 is 0.691 bits per heavy atom. The first-order chi connectivity index (χ1) is 66.9. The van der Waals surface area contributed by atoms with Crippen LogP contribution in [0.3, 0.4) is 0 Å². The van der Waals surface area contributed by atoms with Crippen LogP contribution in [-0.2, 0) is 97.4 Å². The van der Waals surface area contributed by atoms with Gasteiger partial charge in [-0.1, -0.05) is 82.4 Å². The number of benzene rings is 2. The highest BCUT2D eigenvalue weighted by atomic mass is 16.6. The van der Waals surface area contributed by atoms with Gasteiger partial charge in [-0.05, 0) is 142 Å². The van der Waals surface area contributed by atoms with Crippen molar-refractivity contribution in [1.29, 1.82) is 0 Å². The van der Waals surface area contributed by atoms with Crippen LogP contribution in [0.4, 0.5) is 34.3 Å². The fourth-order valence-electron chi connectivity index (χ4n) is 19.1. The van der Waals surface area contributed by atoms with Gasteiger partial charge >= 0.3 is 12.1 Å². The van der Waals surface area contributed by atoms with E-state index in [-0.39, 0.29) is 99.6 Å². The lowest BCUT2D eigenvalue weighted by Gasteiger charge is -2.43. The highest BCUT2D eigenvalue weighted by Crippen LogP contribution is 2.40. The van der Waals surface area contributed by atoms with E-state index in [2.05, 4.69) is 52.3 Å². The minimum absolute atomic E-state index is 0.0194. The quantitative estimate of drug-likeness (QED) is 0.00943. The number of Topliss-reactive ketones (excluding diaryl/α,β-unsaturated/α-hetero) is 2. The van der Waals surface area contributed by atoms with Crippen molar-refractivity contribution >= 4 is 93.0 Å². The Balaban J connectivity index is 0.502. The Bertz CT molecular complexity index is 5480. The van der Waals surface area contributed by atoms with Crippen LogP contribution in [-0.4, -0.2) is 310 Å². The number of amides is 4. The summed E-state index contributed by atoms with van der Waals surface area (Å²) in [6, 6.07) is 9.80. The molecule has 0 radical (unpaired) electrons. The van der Waals surface area contributed by atoms with Gasteiger partial charge in [0.15, 0.2) is 17.0 Å². The third kappa shape index (κ3) is 27.2. The van der Waals surface area contributed by atoms with Gasteiger partial charge in [0, 0.05) is 154 Å². The first-order valence-corrected chi connectivity index (χ1v) is 48.2. The molecule has 40 nitrogen and oxygen atoms in total. The molecule has 7 aromatic rings. The van der Waals surface area contributed by atoms with Crippen molar-refractivity contribution in [3.8, 4) is 11.3 Å². The van der Waals surface area contributed by atoms with Crippen molar-refractivity contribution in [1.82, 2.24) is 64.7 Å². The highest BCUT2D eigenvalue weighted by Gasteiger charge is 2.54. The molecule has 139 heavy (non-hydrogen) atoms. The van der Waals surface area contributed by atoms with Crippen molar-refractivity contribution in [2.75, 3.05) is 154 Å². The van der Waals surface area contributed by atoms with Gasteiger partial charge in [0.1, 0.15) is 65.2 Å². The molecule has 4 amide bonds. The number of piperazine rings is 1. The average Bonchev–Trinajstić information content (AvgIpc) is 1.72. The molecule has 754 valence electrons. The average molecular weight is 1930 g/mol. The topological polar surface area (TPSA) is 526 Å². The Labute approximate surface area is 809 Å². The Kier molecular flexibility index (Phi) is 37.5. The zero-order valence-corrected chi connectivity index (χ0v) is 81.3. The van der Waals surface area contributed by atoms with E-state index in [4.69, 9.17) is 79.8 Å². The number of hydrogen-bond acceptors (Lipinski definition) is 35. The summed E-state index contributed by atoms with van der Waals surface area (Å²) in [7, 11) is 6.24. The minimum Gasteiger partial charge on any atom is -0.459 e. The fraction of sp³-hybridized carbons (Fsp3) is 0.586. The number of piperidine rings is 1. The molecule has 5 aromatic heterocycles. The molecule has 5 aliphatic heterocycles. The van der Waals surface area contributed by atoms with Crippen LogP contribution in [0, 0.1) is 29.6 Å². The molecule has 1 saturated carbocycles. The van der Waals surface area contributed by atoms with E-state index in [9.17, 15) is 48.9 Å². The van der Waals surface area contributed by atoms with Gasteiger partial charge in [-0.15, -0.1) is 0 Å². The van der Waals surface area contributed by atoms with Crippen molar-refractivity contribution in [3.05, 3.63) is 137 Å². The maximum atomic E-state index is 14.9. The summed E-state index contributed by atoms with van der Waals surface area (Å²) in [6.45, 7) is 17.2. The van der Waals surface area contributed by atoms with E-state index in [0.717, 1.165) is 22.3 Å². The third-order valence-electron chi connectivity index (χ3n) is 27.4. The molecule has 2 bridgehead atoms. The summed E-state index contributed by atoms with van der Waals surface area (Å²) in [5, 5.41) is 43.4. The van der Waals surface area contributed by atoms with Crippen LogP contribution in [0.2, 0.25) is 0 Å². The molecule has 0 unspecified atom stereocenters. The third-order valence-corrected chi connectivity index (χ3v) is 27.4. The summed E-state index contributed by atoms with van der Waals surface area (Å²) in [5.41, 5.74) is 34.2. The van der Waals surface area contributed by atoms with E-state index < -0.39 is 114 Å². The first-order valence-electron chi connectivity index (χ1n) is 48.2. The predicted octanol–water partition coefficient (Wildman–Crippen LogP) is 7.36. The number of nitrogens with zero attached hydrogens (tertiary/aromatic N) is 14. The number of carbonyl (C=O) groups is 7. The number of nitrogens with two attached hydrogens (primary N) is 4. The summed E-state index contributed by atoms with van der Waals surface area (Å²) in [6.07, 6.45) is 14.5. The van der Waals surface area contributed by atoms with E-state index >= 15 is 0 Å². The molecule has 3 saturated heterocycles. The van der Waals surface area contributed by atoms with Gasteiger partial charge in [0.05, 0.1) is 95.6 Å². The molecular formula is C99H137N19O21. The number of ether oxygens (including phenoxy) is 10. The van der Waals surface area contributed by atoms with Gasteiger partial charge < -0.3 is 120 Å².